The Labute approximate surface area is 158 Å². The molecule has 0 aliphatic carbocycles. The first kappa shape index (κ1) is 19.4. The zero-order chi connectivity index (χ0) is 18.8. The van der Waals surface area contributed by atoms with E-state index >= 15 is 0 Å². The molecule has 0 aliphatic rings. The van der Waals surface area contributed by atoms with Crippen LogP contribution in [-0.2, 0) is 11.8 Å². The lowest BCUT2D eigenvalue weighted by Crippen LogP contribution is -2.22. The van der Waals surface area contributed by atoms with Gasteiger partial charge in [0.15, 0.2) is 6.61 Å². The fraction of sp³-hybridized carbons (Fsp3) is 0.400. The van der Waals surface area contributed by atoms with Crippen LogP contribution in [0.1, 0.15) is 48.1 Å². The summed E-state index contributed by atoms with van der Waals surface area (Å²) in [6.07, 6.45) is 2.52. The Morgan fingerprint density at radius 2 is 2.04 bits per heavy atom. The van der Waals surface area contributed by atoms with Crippen LogP contribution in [0, 0.1) is 13.8 Å². The number of nitrogens with zero attached hydrogens (tertiary/aromatic N) is 2. The number of aromatic nitrogens is 2. The van der Waals surface area contributed by atoms with Crippen molar-refractivity contribution in [3.05, 3.63) is 57.8 Å². The minimum Gasteiger partial charge on any atom is -0.483 e. The lowest BCUT2D eigenvalue weighted by atomic mass is 9.87. The molecule has 0 amide bonds. The number of carbonyl (C=O) groups excluding carboxylic acids is 1. The van der Waals surface area contributed by atoms with Crippen LogP contribution >= 0.6 is 15.9 Å². The minimum absolute atomic E-state index is 0.0577. The van der Waals surface area contributed by atoms with Crippen molar-refractivity contribution in [2.24, 2.45) is 0 Å². The maximum absolute atomic E-state index is 12.5. The number of ether oxygens (including phenoxy) is 1. The zero-order valence-electron chi connectivity index (χ0n) is 15.5. The second-order valence-electron chi connectivity index (χ2n) is 7.13. The predicted molar refractivity (Wildman–Crippen MR) is 105 cm³/mol. The van der Waals surface area contributed by atoms with Crippen LogP contribution in [0.5, 0.6) is 5.75 Å². The standard InChI is InChI=1S/C20H25BrN2O2/c1-7-8-16-13(2)22-23(14(16)3)19(24)12-25-18-10-9-15(11-17(18)21)20(4,5)6/h7,9-11H,1,8,12H2,2-6H3. The van der Waals surface area contributed by atoms with Gasteiger partial charge in [-0.1, -0.05) is 32.9 Å². The van der Waals surface area contributed by atoms with Crippen molar-refractivity contribution in [2.45, 2.75) is 46.5 Å². The Hall–Kier alpha value is -1.88. The molecule has 5 heteroatoms. The van der Waals surface area contributed by atoms with Gasteiger partial charge in [-0.15, -0.1) is 6.58 Å². The van der Waals surface area contributed by atoms with Gasteiger partial charge >= 0.3 is 0 Å². The maximum Gasteiger partial charge on any atom is 0.284 e. The summed E-state index contributed by atoms with van der Waals surface area (Å²) in [6.45, 7) is 13.9. The number of hydrogen-bond acceptors (Lipinski definition) is 3. The predicted octanol–water partition coefficient (Wildman–Crippen LogP) is 5.01. The van der Waals surface area contributed by atoms with E-state index in [0.29, 0.717) is 12.2 Å². The van der Waals surface area contributed by atoms with E-state index < -0.39 is 0 Å². The molecule has 134 valence electrons. The molecular weight excluding hydrogens is 380 g/mol. The molecular formula is C20H25BrN2O2. The molecule has 2 rings (SSSR count). The second-order valence-corrected chi connectivity index (χ2v) is 7.99. The van der Waals surface area contributed by atoms with Crippen molar-refractivity contribution in [1.29, 1.82) is 0 Å². The summed E-state index contributed by atoms with van der Waals surface area (Å²) in [5.74, 6) is 0.455. The van der Waals surface area contributed by atoms with Crippen LogP contribution in [-0.4, -0.2) is 22.3 Å². The van der Waals surface area contributed by atoms with E-state index in [-0.39, 0.29) is 17.9 Å². The third kappa shape index (κ3) is 4.40. The summed E-state index contributed by atoms with van der Waals surface area (Å²) in [4.78, 5) is 12.5. The van der Waals surface area contributed by atoms with Gasteiger partial charge in [0, 0.05) is 11.3 Å². The Balaban J connectivity index is 2.13. The molecule has 0 saturated carbocycles. The van der Waals surface area contributed by atoms with Crippen molar-refractivity contribution in [1.82, 2.24) is 9.78 Å². The topological polar surface area (TPSA) is 44.1 Å². The highest BCUT2D eigenvalue weighted by molar-refractivity contribution is 9.10. The lowest BCUT2D eigenvalue weighted by molar-refractivity contribution is 0.0817. The van der Waals surface area contributed by atoms with Crippen molar-refractivity contribution >= 4 is 21.8 Å². The number of allylic oxidation sites excluding steroid dienone is 1. The van der Waals surface area contributed by atoms with Gasteiger partial charge in [0.2, 0.25) is 0 Å². The number of aryl methyl sites for hydroxylation is 1. The van der Waals surface area contributed by atoms with Crippen LogP contribution in [0.15, 0.2) is 35.3 Å². The summed E-state index contributed by atoms with van der Waals surface area (Å²) in [5, 5.41) is 4.34. The summed E-state index contributed by atoms with van der Waals surface area (Å²) < 4.78 is 7.97. The Morgan fingerprint density at radius 3 is 2.60 bits per heavy atom. The van der Waals surface area contributed by atoms with Crippen molar-refractivity contribution in [3.8, 4) is 5.75 Å². The van der Waals surface area contributed by atoms with E-state index in [9.17, 15) is 4.79 Å². The molecule has 1 aromatic heterocycles. The monoisotopic (exact) mass is 404 g/mol. The summed E-state index contributed by atoms with van der Waals surface area (Å²) in [6, 6.07) is 5.95. The molecule has 0 atom stereocenters. The van der Waals surface area contributed by atoms with E-state index in [1.807, 2.05) is 38.1 Å². The highest BCUT2D eigenvalue weighted by atomic mass is 79.9. The number of carbonyl (C=O) groups is 1. The highest BCUT2D eigenvalue weighted by Crippen LogP contribution is 2.31. The van der Waals surface area contributed by atoms with Crippen LogP contribution in [0.25, 0.3) is 0 Å². The summed E-state index contributed by atoms with van der Waals surface area (Å²) in [7, 11) is 0. The number of benzene rings is 1. The molecule has 1 aromatic carbocycles. The molecule has 0 radical (unpaired) electrons. The third-order valence-electron chi connectivity index (χ3n) is 4.17. The van der Waals surface area contributed by atoms with Crippen LogP contribution in [0.2, 0.25) is 0 Å². The zero-order valence-corrected chi connectivity index (χ0v) is 17.1. The van der Waals surface area contributed by atoms with E-state index in [0.717, 1.165) is 21.4 Å². The number of halogens is 1. The number of rotatable bonds is 5. The molecule has 2 aromatic rings. The fourth-order valence-electron chi connectivity index (χ4n) is 2.64. The first-order valence-corrected chi connectivity index (χ1v) is 9.06. The third-order valence-corrected chi connectivity index (χ3v) is 4.79. The average molecular weight is 405 g/mol. The second kappa shape index (κ2) is 7.56. The van der Waals surface area contributed by atoms with Gasteiger partial charge in [-0.3, -0.25) is 4.79 Å². The first-order chi connectivity index (χ1) is 11.6. The molecule has 4 nitrogen and oxygen atoms in total. The first-order valence-electron chi connectivity index (χ1n) is 8.27. The molecule has 0 unspecified atom stereocenters. The molecule has 0 saturated heterocycles. The molecule has 25 heavy (non-hydrogen) atoms. The molecule has 1 heterocycles. The van der Waals surface area contributed by atoms with Gasteiger partial charge in [0.25, 0.3) is 5.91 Å². The highest BCUT2D eigenvalue weighted by Gasteiger charge is 2.18. The van der Waals surface area contributed by atoms with Gasteiger partial charge in [0.1, 0.15) is 5.75 Å². The normalized spacial score (nSPS) is 11.4. The van der Waals surface area contributed by atoms with Gasteiger partial charge < -0.3 is 4.74 Å². The van der Waals surface area contributed by atoms with Crippen molar-refractivity contribution in [2.75, 3.05) is 6.61 Å². The van der Waals surface area contributed by atoms with Crippen molar-refractivity contribution < 1.29 is 9.53 Å². The molecule has 0 fully saturated rings. The Bertz CT molecular complexity index is 801. The molecule has 0 N–H and O–H groups in total. The summed E-state index contributed by atoms with van der Waals surface area (Å²) in [5.41, 5.74) is 3.99. The minimum atomic E-state index is -0.192. The van der Waals surface area contributed by atoms with Gasteiger partial charge in [0.05, 0.1) is 10.2 Å². The smallest absolute Gasteiger partial charge is 0.284 e. The SMILES string of the molecule is C=CCc1c(C)nn(C(=O)COc2ccc(C(C)(C)C)cc2Br)c1C. The largest absolute Gasteiger partial charge is 0.483 e. The maximum atomic E-state index is 12.5. The number of hydrogen-bond donors (Lipinski definition) is 0. The van der Waals surface area contributed by atoms with Gasteiger partial charge in [-0.25, -0.2) is 4.68 Å². The van der Waals surface area contributed by atoms with Crippen LogP contribution in [0.3, 0.4) is 0 Å². The van der Waals surface area contributed by atoms with Crippen molar-refractivity contribution in [3.63, 3.8) is 0 Å². The molecule has 0 spiro atoms. The quantitative estimate of drug-likeness (QED) is 0.657. The van der Waals surface area contributed by atoms with E-state index in [1.165, 1.54) is 10.2 Å². The van der Waals surface area contributed by atoms with Gasteiger partial charge in [-0.05, 0) is 59.3 Å². The van der Waals surface area contributed by atoms with Gasteiger partial charge in [-0.2, -0.15) is 5.10 Å². The van der Waals surface area contributed by atoms with Crippen LogP contribution < -0.4 is 4.74 Å². The average Bonchev–Trinajstić information content (AvgIpc) is 2.81. The van der Waals surface area contributed by atoms with E-state index in [4.69, 9.17) is 4.74 Å². The molecule has 0 bridgehead atoms. The fourth-order valence-corrected chi connectivity index (χ4v) is 3.14. The summed E-state index contributed by atoms with van der Waals surface area (Å²) >= 11 is 3.53. The lowest BCUT2D eigenvalue weighted by Gasteiger charge is -2.20. The Kier molecular flexibility index (Phi) is 5.88. The molecule has 0 aliphatic heterocycles. The van der Waals surface area contributed by atoms with E-state index in [2.05, 4.69) is 48.4 Å². The van der Waals surface area contributed by atoms with E-state index in [1.54, 1.807) is 0 Å². The van der Waals surface area contributed by atoms with Crippen LogP contribution in [0.4, 0.5) is 0 Å². The Morgan fingerprint density at radius 1 is 1.36 bits per heavy atom.